The van der Waals surface area contributed by atoms with E-state index in [1.165, 1.54) is 0 Å². The van der Waals surface area contributed by atoms with Gasteiger partial charge >= 0.3 is 5.97 Å². The molecule has 0 aromatic heterocycles. The second-order valence-electron chi connectivity index (χ2n) is 7.26. The van der Waals surface area contributed by atoms with Crippen LogP contribution in [-0.4, -0.2) is 41.6 Å². The predicted molar refractivity (Wildman–Crippen MR) is 89.6 cm³/mol. The summed E-state index contributed by atoms with van der Waals surface area (Å²) < 4.78 is 11.2. The second-order valence-corrected chi connectivity index (χ2v) is 7.26. The number of hydrogen-bond acceptors (Lipinski definition) is 4. The van der Waals surface area contributed by atoms with Gasteiger partial charge in [-0.1, -0.05) is 12.1 Å². The zero-order chi connectivity index (χ0) is 17.2. The minimum absolute atomic E-state index is 0.0191. The SMILES string of the molecule is CC1(C)CC[C@H](COC(=O)c2cccc(CN3CCCC3=O)c2)O1. The summed E-state index contributed by atoms with van der Waals surface area (Å²) in [6.45, 7) is 5.75. The Balaban J connectivity index is 1.55. The van der Waals surface area contributed by atoms with Crippen LogP contribution in [0.3, 0.4) is 0 Å². The molecule has 2 fully saturated rings. The molecule has 24 heavy (non-hydrogen) atoms. The van der Waals surface area contributed by atoms with E-state index in [4.69, 9.17) is 9.47 Å². The van der Waals surface area contributed by atoms with Gasteiger partial charge in [0, 0.05) is 19.5 Å². The molecule has 130 valence electrons. The van der Waals surface area contributed by atoms with Crippen molar-refractivity contribution in [3.63, 3.8) is 0 Å². The van der Waals surface area contributed by atoms with E-state index in [1.807, 2.05) is 23.1 Å². The van der Waals surface area contributed by atoms with E-state index in [2.05, 4.69) is 13.8 Å². The zero-order valence-electron chi connectivity index (χ0n) is 14.4. The van der Waals surface area contributed by atoms with Gasteiger partial charge in [0.15, 0.2) is 0 Å². The summed E-state index contributed by atoms with van der Waals surface area (Å²) in [5.41, 5.74) is 1.36. The number of hydrogen-bond donors (Lipinski definition) is 0. The van der Waals surface area contributed by atoms with Crippen molar-refractivity contribution in [2.75, 3.05) is 13.2 Å². The summed E-state index contributed by atoms with van der Waals surface area (Å²) in [6.07, 6.45) is 3.42. The maximum absolute atomic E-state index is 12.3. The molecule has 0 spiro atoms. The van der Waals surface area contributed by atoms with Gasteiger partial charge in [0.2, 0.25) is 5.91 Å². The topological polar surface area (TPSA) is 55.8 Å². The maximum atomic E-state index is 12.3. The third kappa shape index (κ3) is 4.15. The van der Waals surface area contributed by atoms with Crippen LogP contribution in [0.1, 0.15) is 55.5 Å². The molecule has 1 atom stereocenters. The highest BCUT2D eigenvalue weighted by molar-refractivity contribution is 5.89. The number of benzene rings is 1. The van der Waals surface area contributed by atoms with Crippen LogP contribution >= 0.6 is 0 Å². The molecule has 0 saturated carbocycles. The molecule has 1 amide bonds. The molecule has 2 heterocycles. The zero-order valence-corrected chi connectivity index (χ0v) is 14.4. The van der Waals surface area contributed by atoms with Crippen LogP contribution in [0.15, 0.2) is 24.3 Å². The van der Waals surface area contributed by atoms with Crippen molar-refractivity contribution >= 4 is 11.9 Å². The lowest BCUT2D eigenvalue weighted by molar-refractivity contribution is -0.128. The average Bonchev–Trinajstić information content (AvgIpc) is 3.10. The first-order chi connectivity index (χ1) is 11.4. The van der Waals surface area contributed by atoms with E-state index in [1.54, 1.807) is 6.07 Å². The molecule has 1 aromatic rings. The fraction of sp³-hybridized carbons (Fsp3) is 0.579. The smallest absolute Gasteiger partial charge is 0.338 e. The lowest BCUT2D eigenvalue weighted by Crippen LogP contribution is -2.24. The van der Waals surface area contributed by atoms with Crippen LogP contribution in [0.25, 0.3) is 0 Å². The third-order valence-electron chi connectivity index (χ3n) is 4.66. The standard InChI is InChI=1S/C19H25NO4/c1-19(2)9-8-16(24-19)13-23-18(22)15-6-3-5-14(11-15)12-20-10-4-7-17(20)21/h3,5-6,11,16H,4,7-10,12-13H2,1-2H3/t16-/m1/s1. The number of amides is 1. The van der Waals surface area contributed by atoms with E-state index >= 15 is 0 Å². The Kier molecular flexibility index (Phi) is 4.90. The largest absolute Gasteiger partial charge is 0.459 e. The number of nitrogens with zero attached hydrogens (tertiary/aromatic N) is 1. The van der Waals surface area contributed by atoms with Gasteiger partial charge in [0.1, 0.15) is 6.61 Å². The number of carbonyl (C=O) groups is 2. The van der Waals surface area contributed by atoms with Crippen molar-refractivity contribution in [1.29, 1.82) is 0 Å². The fourth-order valence-electron chi connectivity index (χ4n) is 3.34. The van der Waals surface area contributed by atoms with Crippen LogP contribution in [0.4, 0.5) is 0 Å². The van der Waals surface area contributed by atoms with Crippen molar-refractivity contribution in [1.82, 2.24) is 4.90 Å². The number of rotatable bonds is 5. The Morgan fingerprint density at radius 1 is 1.42 bits per heavy atom. The first-order valence-electron chi connectivity index (χ1n) is 8.65. The van der Waals surface area contributed by atoms with Crippen LogP contribution in [0.5, 0.6) is 0 Å². The molecule has 0 N–H and O–H groups in total. The average molecular weight is 331 g/mol. The molecule has 0 unspecified atom stereocenters. The van der Waals surface area contributed by atoms with Crippen LogP contribution < -0.4 is 0 Å². The molecule has 0 bridgehead atoms. The molecular weight excluding hydrogens is 306 g/mol. The van der Waals surface area contributed by atoms with Gasteiger partial charge in [-0.25, -0.2) is 4.79 Å². The monoisotopic (exact) mass is 331 g/mol. The lowest BCUT2D eigenvalue weighted by Gasteiger charge is -2.19. The molecule has 0 radical (unpaired) electrons. The molecule has 2 aliphatic heterocycles. The van der Waals surface area contributed by atoms with Crippen molar-refractivity contribution in [3.8, 4) is 0 Å². The second kappa shape index (κ2) is 6.93. The molecule has 3 rings (SSSR count). The molecule has 5 nitrogen and oxygen atoms in total. The van der Waals surface area contributed by atoms with Gasteiger partial charge in [-0.2, -0.15) is 0 Å². The molecule has 5 heteroatoms. The number of ether oxygens (including phenoxy) is 2. The summed E-state index contributed by atoms with van der Waals surface area (Å²) in [4.78, 5) is 25.8. The van der Waals surface area contributed by atoms with Crippen molar-refractivity contribution < 1.29 is 19.1 Å². The van der Waals surface area contributed by atoms with Gasteiger partial charge in [-0.05, 0) is 50.8 Å². The Morgan fingerprint density at radius 2 is 2.25 bits per heavy atom. The summed E-state index contributed by atoms with van der Waals surface area (Å²) in [6, 6.07) is 7.33. The highest BCUT2D eigenvalue weighted by Crippen LogP contribution is 2.29. The fourth-order valence-corrected chi connectivity index (χ4v) is 3.34. The number of likely N-dealkylation sites (tertiary alicyclic amines) is 1. The van der Waals surface area contributed by atoms with Gasteiger partial charge < -0.3 is 14.4 Å². The van der Waals surface area contributed by atoms with E-state index in [9.17, 15) is 9.59 Å². The van der Waals surface area contributed by atoms with Crippen molar-refractivity contribution in [2.45, 2.75) is 57.8 Å². The van der Waals surface area contributed by atoms with E-state index in [-0.39, 0.29) is 30.2 Å². The predicted octanol–water partition coefficient (Wildman–Crippen LogP) is 2.92. The summed E-state index contributed by atoms with van der Waals surface area (Å²) in [5.74, 6) is -0.151. The molecule has 2 aliphatic rings. The molecule has 1 aromatic carbocycles. The summed E-state index contributed by atoms with van der Waals surface area (Å²) in [7, 11) is 0. The highest BCUT2D eigenvalue weighted by Gasteiger charge is 2.32. The van der Waals surface area contributed by atoms with Crippen LogP contribution in [-0.2, 0) is 20.8 Å². The first-order valence-corrected chi connectivity index (χ1v) is 8.65. The van der Waals surface area contributed by atoms with Gasteiger partial charge in [-0.3, -0.25) is 4.79 Å². The Bertz CT molecular complexity index is 626. The first kappa shape index (κ1) is 17.0. The van der Waals surface area contributed by atoms with Crippen LogP contribution in [0.2, 0.25) is 0 Å². The maximum Gasteiger partial charge on any atom is 0.338 e. The quantitative estimate of drug-likeness (QED) is 0.779. The molecule has 0 aliphatic carbocycles. The molecular formula is C19H25NO4. The third-order valence-corrected chi connectivity index (χ3v) is 4.66. The Morgan fingerprint density at radius 3 is 2.92 bits per heavy atom. The normalized spacial score (nSPS) is 22.8. The minimum atomic E-state index is -0.335. The van der Waals surface area contributed by atoms with Gasteiger partial charge in [0.05, 0.1) is 17.3 Å². The Labute approximate surface area is 142 Å². The number of carbonyl (C=O) groups excluding carboxylic acids is 2. The van der Waals surface area contributed by atoms with Gasteiger partial charge in [-0.15, -0.1) is 0 Å². The number of esters is 1. The molecule has 2 saturated heterocycles. The Hall–Kier alpha value is -1.88. The van der Waals surface area contributed by atoms with E-state index in [0.717, 1.165) is 31.4 Å². The van der Waals surface area contributed by atoms with Crippen molar-refractivity contribution in [3.05, 3.63) is 35.4 Å². The van der Waals surface area contributed by atoms with Crippen molar-refractivity contribution in [2.24, 2.45) is 0 Å². The lowest BCUT2D eigenvalue weighted by atomic mass is 10.1. The summed E-state index contributed by atoms with van der Waals surface area (Å²) in [5, 5.41) is 0. The van der Waals surface area contributed by atoms with Gasteiger partial charge in [0.25, 0.3) is 0 Å². The van der Waals surface area contributed by atoms with Crippen LogP contribution in [0, 0.1) is 0 Å². The highest BCUT2D eigenvalue weighted by atomic mass is 16.6. The minimum Gasteiger partial charge on any atom is -0.459 e. The van der Waals surface area contributed by atoms with E-state index in [0.29, 0.717) is 18.5 Å². The van der Waals surface area contributed by atoms with E-state index < -0.39 is 0 Å². The summed E-state index contributed by atoms with van der Waals surface area (Å²) >= 11 is 0.